The van der Waals surface area contributed by atoms with Gasteiger partial charge in [0.05, 0.1) is 0 Å². The van der Waals surface area contributed by atoms with E-state index in [4.69, 9.17) is 16.3 Å². The number of halogens is 1. The fraction of sp³-hybridized carbons (Fsp3) is 1.00. The van der Waals surface area contributed by atoms with Crippen LogP contribution in [0.25, 0.3) is 0 Å². The Hall–Kier alpha value is 0.250. The zero-order valence-electron chi connectivity index (χ0n) is 8.60. The van der Waals surface area contributed by atoms with E-state index in [-0.39, 0.29) is 0 Å². The van der Waals surface area contributed by atoms with Gasteiger partial charge in [-0.05, 0) is 25.2 Å². The number of alkyl halides is 1. The summed E-state index contributed by atoms with van der Waals surface area (Å²) in [6.07, 6.45) is 6.76. The molecule has 0 radical (unpaired) electrons. The molecule has 13 heavy (non-hydrogen) atoms. The summed E-state index contributed by atoms with van der Waals surface area (Å²) in [6, 6.07) is 0. The first-order valence-electron chi connectivity index (χ1n) is 5.52. The average molecular weight is 205 g/mol. The summed E-state index contributed by atoms with van der Waals surface area (Å²) in [5, 5.41) is 0. The third-order valence-electron chi connectivity index (χ3n) is 3.10. The van der Waals surface area contributed by atoms with Crippen LogP contribution in [0, 0.1) is 11.8 Å². The normalized spacial score (nSPS) is 20.8. The summed E-state index contributed by atoms with van der Waals surface area (Å²) in [4.78, 5) is 0. The molecule has 1 rings (SSSR count). The van der Waals surface area contributed by atoms with E-state index in [1.54, 1.807) is 0 Å². The lowest BCUT2D eigenvalue weighted by atomic mass is 9.90. The molecule has 0 amide bonds. The van der Waals surface area contributed by atoms with Crippen LogP contribution in [-0.2, 0) is 4.74 Å². The molecule has 1 unspecified atom stereocenters. The van der Waals surface area contributed by atoms with E-state index in [0.29, 0.717) is 5.92 Å². The molecule has 0 aromatic heterocycles. The Balaban J connectivity index is 2.16. The van der Waals surface area contributed by atoms with Gasteiger partial charge in [0.25, 0.3) is 0 Å². The van der Waals surface area contributed by atoms with Gasteiger partial charge in [0.2, 0.25) is 0 Å². The van der Waals surface area contributed by atoms with Crippen molar-refractivity contribution in [3.05, 3.63) is 0 Å². The highest BCUT2D eigenvalue weighted by Crippen LogP contribution is 2.33. The van der Waals surface area contributed by atoms with E-state index in [2.05, 4.69) is 0 Å². The van der Waals surface area contributed by atoms with E-state index in [9.17, 15) is 0 Å². The fourth-order valence-electron chi connectivity index (χ4n) is 2.25. The Labute approximate surface area is 86.8 Å². The van der Waals surface area contributed by atoms with Crippen molar-refractivity contribution in [1.82, 2.24) is 0 Å². The highest BCUT2D eigenvalue weighted by atomic mass is 35.5. The number of ether oxygens (including phenoxy) is 1. The van der Waals surface area contributed by atoms with Gasteiger partial charge in [0.15, 0.2) is 0 Å². The Morgan fingerprint density at radius 1 is 1.38 bits per heavy atom. The van der Waals surface area contributed by atoms with E-state index in [1.165, 1.54) is 25.7 Å². The minimum absolute atomic E-state index is 0.704. The topological polar surface area (TPSA) is 9.23 Å². The van der Waals surface area contributed by atoms with Crippen molar-refractivity contribution in [1.29, 1.82) is 0 Å². The molecule has 1 fully saturated rings. The minimum Gasteiger partial charge on any atom is -0.382 e. The quantitative estimate of drug-likeness (QED) is 0.476. The van der Waals surface area contributed by atoms with E-state index < -0.39 is 0 Å². The SMILES string of the molecule is CCOCCC(CCl)C1CCCC1. The molecule has 0 aromatic carbocycles. The maximum absolute atomic E-state index is 5.97. The highest BCUT2D eigenvalue weighted by molar-refractivity contribution is 6.18. The van der Waals surface area contributed by atoms with Crippen molar-refractivity contribution < 1.29 is 4.74 Å². The van der Waals surface area contributed by atoms with Crippen molar-refractivity contribution in [3.8, 4) is 0 Å². The van der Waals surface area contributed by atoms with Gasteiger partial charge in [-0.15, -0.1) is 11.6 Å². The van der Waals surface area contributed by atoms with Crippen molar-refractivity contribution in [2.24, 2.45) is 11.8 Å². The van der Waals surface area contributed by atoms with Gasteiger partial charge in [0, 0.05) is 19.1 Å². The summed E-state index contributed by atoms with van der Waals surface area (Å²) in [7, 11) is 0. The molecule has 0 saturated heterocycles. The van der Waals surface area contributed by atoms with Crippen LogP contribution in [0.2, 0.25) is 0 Å². The Morgan fingerprint density at radius 2 is 2.08 bits per heavy atom. The molecule has 2 heteroatoms. The first-order chi connectivity index (χ1) is 6.38. The third-order valence-corrected chi connectivity index (χ3v) is 3.50. The molecule has 0 aliphatic heterocycles. The first-order valence-corrected chi connectivity index (χ1v) is 6.05. The van der Waals surface area contributed by atoms with Crippen LogP contribution >= 0.6 is 11.6 Å². The smallest absolute Gasteiger partial charge is 0.0469 e. The lowest BCUT2D eigenvalue weighted by Crippen LogP contribution is -2.16. The van der Waals surface area contributed by atoms with Gasteiger partial charge in [-0.1, -0.05) is 25.7 Å². The number of rotatable bonds is 6. The molecular formula is C11H21ClO. The second kappa shape index (κ2) is 6.67. The molecule has 1 atom stereocenters. The molecule has 1 aliphatic rings. The van der Waals surface area contributed by atoms with Crippen LogP contribution in [-0.4, -0.2) is 19.1 Å². The molecule has 0 N–H and O–H groups in total. The van der Waals surface area contributed by atoms with Crippen molar-refractivity contribution >= 4 is 11.6 Å². The molecule has 0 spiro atoms. The van der Waals surface area contributed by atoms with Gasteiger partial charge in [-0.25, -0.2) is 0 Å². The predicted molar refractivity (Wildman–Crippen MR) is 57.3 cm³/mol. The van der Waals surface area contributed by atoms with E-state index in [0.717, 1.165) is 31.4 Å². The van der Waals surface area contributed by atoms with Crippen LogP contribution < -0.4 is 0 Å². The monoisotopic (exact) mass is 204 g/mol. The van der Waals surface area contributed by atoms with E-state index in [1.807, 2.05) is 6.92 Å². The summed E-state index contributed by atoms with van der Waals surface area (Å²) in [6.45, 7) is 3.77. The van der Waals surface area contributed by atoms with Gasteiger partial charge < -0.3 is 4.74 Å². The second-order valence-corrected chi connectivity index (χ2v) is 4.25. The average Bonchev–Trinajstić information content (AvgIpc) is 2.65. The third kappa shape index (κ3) is 3.86. The lowest BCUT2D eigenvalue weighted by molar-refractivity contribution is 0.125. The Kier molecular flexibility index (Phi) is 5.81. The maximum Gasteiger partial charge on any atom is 0.0469 e. The van der Waals surface area contributed by atoms with E-state index >= 15 is 0 Å². The zero-order valence-corrected chi connectivity index (χ0v) is 9.35. The molecular weight excluding hydrogens is 184 g/mol. The molecule has 1 aliphatic carbocycles. The maximum atomic E-state index is 5.97. The molecule has 0 bridgehead atoms. The molecule has 0 aromatic rings. The first kappa shape index (κ1) is 11.3. The minimum atomic E-state index is 0.704. The van der Waals surface area contributed by atoms with Crippen LogP contribution in [0.4, 0.5) is 0 Å². The van der Waals surface area contributed by atoms with Crippen LogP contribution in [0.15, 0.2) is 0 Å². The number of hydrogen-bond acceptors (Lipinski definition) is 1. The van der Waals surface area contributed by atoms with Crippen molar-refractivity contribution in [2.45, 2.75) is 39.0 Å². The Bertz CT molecular complexity index is 121. The summed E-state index contributed by atoms with van der Waals surface area (Å²) >= 11 is 5.97. The standard InChI is InChI=1S/C11H21ClO/c1-2-13-8-7-11(9-12)10-5-3-4-6-10/h10-11H,2-9H2,1H3. The largest absolute Gasteiger partial charge is 0.382 e. The summed E-state index contributed by atoms with van der Waals surface area (Å²) < 4.78 is 5.37. The van der Waals surface area contributed by atoms with Crippen LogP contribution in [0.3, 0.4) is 0 Å². The van der Waals surface area contributed by atoms with Gasteiger partial charge in [-0.2, -0.15) is 0 Å². The van der Waals surface area contributed by atoms with Gasteiger partial charge in [-0.3, -0.25) is 0 Å². The van der Waals surface area contributed by atoms with Crippen LogP contribution in [0.5, 0.6) is 0 Å². The highest BCUT2D eigenvalue weighted by Gasteiger charge is 2.23. The Morgan fingerprint density at radius 3 is 2.62 bits per heavy atom. The molecule has 0 heterocycles. The summed E-state index contributed by atoms with van der Waals surface area (Å²) in [5.74, 6) is 2.41. The molecule has 1 nitrogen and oxygen atoms in total. The number of hydrogen-bond donors (Lipinski definition) is 0. The lowest BCUT2D eigenvalue weighted by Gasteiger charge is -2.20. The van der Waals surface area contributed by atoms with Gasteiger partial charge in [0.1, 0.15) is 0 Å². The predicted octanol–water partition coefficient (Wildman–Crippen LogP) is 3.46. The molecule has 78 valence electrons. The zero-order chi connectivity index (χ0) is 9.52. The van der Waals surface area contributed by atoms with Crippen LogP contribution in [0.1, 0.15) is 39.0 Å². The summed E-state index contributed by atoms with van der Waals surface area (Å²) in [5.41, 5.74) is 0. The van der Waals surface area contributed by atoms with Crippen molar-refractivity contribution in [3.63, 3.8) is 0 Å². The fourth-order valence-corrected chi connectivity index (χ4v) is 2.65. The van der Waals surface area contributed by atoms with Gasteiger partial charge >= 0.3 is 0 Å². The molecule has 1 saturated carbocycles. The van der Waals surface area contributed by atoms with Crippen molar-refractivity contribution in [2.75, 3.05) is 19.1 Å². The second-order valence-electron chi connectivity index (χ2n) is 3.94.